The van der Waals surface area contributed by atoms with Gasteiger partial charge in [-0.15, -0.1) is 0 Å². The molecule has 174 valence electrons. The average molecular weight is 487 g/mol. The largest absolute Gasteiger partial charge is 0.454 e. The van der Waals surface area contributed by atoms with Crippen molar-refractivity contribution in [3.05, 3.63) is 94.0 Å². The summed E-state index contributed by atoms with van der Waals surface area (Å²) in [5, 5.41) is 4.26. The summed E-state index contributed by atoms with van der Waals surface area (Å²) < 4.78 is 13.9. The number of carbonyl (C=O) groups is 1. The van der Waals surface area contributed by atoms with Crippen LogP contribution in [0.3, 0.4) is 0 Å². The first-order valence-electron chi connectivity index (χ1n) is 11.0. The number of anilines is 1. The minimum atomic E-state index is -0.285. The highest BCUT2D eigenvalue weighted by molar-refractivity contribution is 6.31. The second-order valence-electron chi connectivity index (χ2n) is 8.19. The van der Waals surface area contributed by atoms with E-state index in [1.807, 2.05) is 42.5 Å². The Balaban J connectivity index is 1.39. The first-order chi connectivity index (χ1) is 17.1. The van der Waals surface area contributed by atoms with Gasteiger partial charge in [-0.1, -0.05) is 48.0 Å². The lowest BCUT2D eigenvalue weighted by Gasteiger charge is -2.11. The van der Waals surface area contributed by atoms with Gasteiger partial charge < -0.3 is 19.4 Å². The van der Waals surface area contributed by atoms with E-state index in [2.05, 4.69) is 10.3 Å². The summed E-state index contributed by atoms with van der Waals surface area (Å²) in [4.78, 5) is 31.2. The van der Waals surface area contributed by atoms with Gasteiger partial charge in [-0.3, -0.25) is 14.2 Å². The Morgan fingerprint density at radius 2 is 1.83 bits per heavy atom. The molecular weight excluding hydrogens is 468 g/mol. The molecule has 35 heavy (non-hydrogen) atoms. The monoisotopic (exact) mass is 486 g/mol. The number of aromatic nitrogens is 3. The van der Waals surface area contributed by atoms with Gasteiger partial charge in [-0.2, -0.15) is 0 Å². The van der Waals surface area contributed by atoms with E-state index in [1.54, 1.807) is 28.8 Å². The molecule has 0 saturated heterocycles. The molecule has 0 atom stereocenters. The van der Waals surface area contributed by atoms with Gasteiger partial charge in [0.25, 0.3) is 5.56 Å². The summed E-state index contributed by atoms with van der Waals surface area (Å²) in [6.45, 7) is 0.361. The maximum atomic E-state index is 13.6. The SMILES string of the molecule is O=C(Cn1c2ccccc2c2ncn(Cc3ccccc3Cl)c(=O)c21)Nc1ccc2c(c1)OCO2. The van der Waals surface area contributed by atoms with Crippen molar-refractivity contribution in [2.45, 2.75) is 13.1 Å². The molecule has 6 rings (SSSR count). The zero-order chi connectivity index (χ0) is 23.9. The van der Waals surface area contributed by atoms with Crippen LogP contribution in [0, 0.1) is 0 Å². The zero-order valence-electron chi connectivity index (χ0n) is 18.4. The average Bonchev–Trinajstić information content (AvgIpc) is 3.45. The normalized spacial score (nSPS) is 12.4. The Morgan fingerprint density at radius 1 is 1.03 bits per heavy atom. The second kappa shape index (κ2) is 8.48. The van der Waals surface area contributed by atoms with Crippen LogP contribution in [0.5, 0.6) is 11.5 Å². The molecule has 1 aliphatic rings. The fourth-order valence-corrected chi connectivity index (χ4v) is 4.55. The molecule has 0 aliphatic carbocycles. The lowest BCUT2D eigenvalue weighted by Crippen LogP contribution is -2.25. The fourth-order valence-electron chi connectivity index (χ4n) is 4.35. The van der Waals surface area contributed by atoms with Crippen LogP contribution in [-0.4, -0.2) is 26.8 Å². The molecule has 0 radical (unpaired) electrons. The van der Waals surface area contributed by atoms with Crippen LogP contribution in [0.4, 0.5) is 5.69 Å². The summed E-state index contributed by atoms with van der Waals surface area (Å²) in [6.07, 6.45) is 1.53. The molecule has 0 saturated carbocycles. The fraction of sp³-hybridized carbons (Fsp3) is 0.115. The first kappa shape index (κ1) is 21.2. The summed E-state index contributed by atoms with van der Waals surface area (Å²) in [6, 6.07) is 20.1. The molecular formula is C26H19ClN4O4. The standard InChI is InChI=1S/C26H19ClN4O4/c27-19-7-3-1-5-16(19)12-30-14-28-24-18-6-2-4-8-20(18)31(25(24)26(30)33)13-23(32)29-17-9-10-21-22(11-17)35-15-34-21/h1-11,14H,12-13,15H2,(H,29,32). The molecule has 1 N–H and O–H groups in total. The smallest absolute Gasteiger partial charge is 0.278 e. The number of halogens is 1. The van der Waals surface area contributed by atoms with E-state index in [-0.39, 0.29) is 31.3 Å². The predicted octanol–water partition coefficient (Wildman–Crippen LogP) is 4.42. The number of rotatable bonds is 5. The van der Waals surface area contributed by atoms with E-state index in [4.69, 9.17) is 21.1 Å². The van der Waals surface area contributed by atoms with Crippen LogP contribution >= 0.6 is 11.6 Å². The third-order valence-corrected chi connectivity index (χ3v) is 6.36. The molecule has 3 aromatic carbocycles. The molecule has 5 aromatic rings. The lowest BCUT2D eigenvalue weighted by molar-refractivity contribution is -0.116. The van der Waals surface area contributed by atoms with Crippen molar-refractivity contribution >= 4 is 45.1 Å². The minimum absolute atomic E-state index is 0.0640. The summed E-state index contributed by atoms with van der Waals surface area (Å²) in [5.41, 5.74) is 2.80. The van der Waals surface area contributed by atoms with Gasteiger partial charge in [0.15, 0.2) is 11.5 Å². The maximum Gasteiger partial charge on any atom is 0.278 e. The van der Waals surface area contributed by atoms with Crippen molar-refractivity contribution in [2.24, 2.45) is 0 Å². The number of ether oxygens (including phenoxy) is 2. The van der Waals surface area contributed by atoms with Gasteiger partial charge in [0, 0.05) is 22.2 Å². The van der Waals surface area contributed by atoms with Gasteiger partial charge in [0.2, 0.25) is 12.7 Å². The highest BCUT2D eigenvalue weighted by Gasteiger charge is 2.19. The highest BCUT2D eigenvalue weighted by atomic mass is 35.5. The zero-order valence-corrected chi connectivity index (χ0v) is 19.2. The molecule has 8 nitrogen and oxygen atoms in total. The van der Waals surface area contributed by atoms with Crippen LogP contribution in [0.1, 0.15) is 5.56 Å². The molecule has 0 spiro atoms. The predicted molar refractivity (Wildman–Crippen MR) is 133 cm³/mol. The number of para-hydroxylation sites is 1. The lowest BCUT2D eigenvalue weighted by atomic mass is 10.2. The van der Waals surface area contributed by atoms with Gasteiger partial charge in [0.1, 0.15) is 17.6 Å². The number of benzene rings is 3. The van der Waals surface area contributed by atoms with Gasteiger partial charge >= 0.3 is 0 Å². The summed E-state index contributed by atoms with van der Waals surface area (Å²) >= 11 is 6.31. The van der Waals surface area contributed by atoms with Gasteiger partial charge in [-0.25, -0.2) is 4.98 Å². The topological polar surface area (TPSA) is 87.4 Å². The van der Waals surface area contributed by atoms with Gasteiger partial charge in [0.05, 0.1) is 18.4 Å². The Labute approximate surface area is 204 Å². The number of amides is 1. The van der Waals surface area contributed by atoms with E-state index >= 15 is 0 Å². The van der Waals surface area contributed by atoms with Crippen molar-refractivity contribution in [2.75, 3.05) is 12.1 Å². The van der Waals surface area contributed by atoms with Crippen LogP contribution in [-0.2, 0) is 17.9 Å². The quantitative estimate of drug-likeness (QED) is 0.397. The van der Waals surface area contributed by atoms with Crippen molar-refractivity contribution in [1.29, 1.82) is 0 Å². The number of nitrogens with one attached hydrogen (secondary N) is 1. The van der Waals surface area contributed by atoms with Crippen molar-refractivity contribution < 1.29 is 14.3 Å². The van der Waals surface area contributed by atoms with Gasteiger partial charge in [-0.05, 0) is 29.8 Å². The van der Waals surface area contributed by atoms with E-state index in [9.17, 15) is 9.59 Å². The number of nitrogens with zero attached hydrogens (tertiary/aromatic N) is 3. The second-order valence-corrected chi connectivity index (χ2v) is 8.59. The van der Waals surface area contributed by atoms with E-state index in [0.29, 0.717) is 33.2 Å². The molecule has 1 aliphatic heterocycles. The van der Waals surface area contributed by atoms with Crippen LogP contribution in [0.2, 0.25) is 5.02 Å². The molecule has 1 amide bonds. The van der Waals surface area contributed by atoms with Crippen molar-refractivity contribution in [3.63, 3.8) is 0 Å². The summed E-state index contributed by atoms with van der Waals surface area (Å²) in [5.74, 6) is 0.925. The van der Waals surface area contributed by atoms with Crippen LogP contribution in [0.25, 0.3) is 21.9 Å². The van der Waals surface area contributed by atoms with E-state index in [1.165, 1.54) is 10.9 Å². The number of carbonyl (C=O) groups excluding carboxylic acids is 1. The molecule has 0 fully saturated rings. The minimum Gasteiger partial charge on any atom is -0.454 e. The molecule has 0 unspecified atom stereocenters. The van der Waals surface area contributed by atoms with Crippen molar-refractivity contribution in [3.8, 4) is 11.5 Å². The third kappa shape index (κ3) is 3.77. The molecule has 2 aromatic heterocycles. The Kier molecular flexibility index (Phi) is 5.15. The van der Waals surface area contributed by atoms with E-state index in [0.717, 1.165) is 16.5 Å². The molecule has 0 bridgehead atoms. The Morgan fingerprint density at radius 3 is 2.71 bits per heavy atom. The first-order valence-corrected chi connectivity index (χ1v) is 11.4. The Bertz CT molecular complexity index is 1670. The number of hydrogen-bond acceptors (Lipinski definition) is 5. The van der Waals surface area contributed by atoms with Crippen LogP contribution in [0.15, 0.2) is 77.9 Å². The molecule has 3 heterocycles. The Hall–Kier alpha value is -4.30. The van der Waals surface area contributed by atoms with Crippen LogP contribution < -0.4 is 20.3 Å². The molecule has 9 heteroatoms. The summed E-state index contributed by atoms with van der Waals surface area (Å²) in [7, 11) is 0. The van der Waals surface area contributed by atoms with Crippen molar-refractivity contribution in [1.82, 2.24) is 14.1 Å². The number of hydrogen-bond donors (Lipinski definition) is 1. The maximum absolute atomic E-state index is 13.6. The third-order valence-electron chi connectivity index (χ3n) is 5.99. The van der Waals surface area contributed by atoms with E-state index < -0.39 is 0 Å². The number of fused-ring (bicyclic) bond motifs is 4. The highest BCUT2D eigenvalue weighted by Crippen LogP contribution is 2.34.